The van der Waals surface area contributed by atoms with Crippen molar-refractivity contribution in [3.63, 3.8) is 0 Å². The number of esters is 1. The van der Waals surface area contributed by atoms with Crippen molar-refractivity contribution >= 4 is 11.5 Å². The van der Waals surface area contributed by atoms with Crippen LogP contribution in [0, 0.1) is 0 Å². The van der Waals surface area contributed by atoms with Crippen LogP contribution in [0.4, 0.5) is 0 Å². The highest BCUT2D eigenvalue weighted by atomic mass is 16.5. The fraction of sp³-hybridized carbons (Fsp3) is 0.125. The van der Waals surface area contributed by atoms with Gasteiger partial charge >= 0.3 is 5.97 Å². The quantitative estimate of drug-likeness (QED) is 0.693. The average Bonchev–Trinajstić information content (AvgIpc) is 2.93. The first-order valence-electron chi connectivity index (χ1n) is 6.44. The zero-order valence-electron chi connectivity index (χ0n) is 11.7. The largest absolute Gasteiger partial charge is 0.497 e. The second-order valence-corrected chi connectivity index (χ2v) is 4.48. The summed E-state index contributed by atoms with van der Waals surface area (Å²) >= 11 is 0. The molecule has 0 aliphatic heterocycles. The molecule has 0 bridgehead atoms. The zero-order chi connectivity index (χ0) is 14.8. The number of carbonyl (C=O) groups excluding carboxylic acids is 1. The standard InChI is InChI=1S/C16H14N2O3/c1-20-12-7-5-6-11(10-12)15-14(16(19)21-2)13-8-3-4-9-18(13)17-15/h3-10H,1-2H3. The molecule has 0 spiro atoms. The molecule has 0 unspecified atom stereocenters. The van der Waals surface area contributed by atoms with Gasteiger partial charge in [0, 0.05) is 11.8 Å². The van der Waals surface area contributed by atoms with Crippen molar-refractivity contribution in [1.29, 1.82) is 0 Å². The maximum absolute atomic E-state index is 12.1. The normalized spacial score (nSPS) is 10.6. The van der Waals surface area contributed by atoms with E-state index in [9.17, 15) is 4.79 Å². The molecule has 5 heteroatoms. The number of benzene rings is 1. The third-order valence-corrected chi connectivity index (χ3v) is 3.27. The maximum Gasteiger partial charge on any atom is 0.342 e. The third kappa shape index (κ3) is 2.23. The molecular formula is C16H14N2O3. The lowest BCUT2D eigenvalue weighted by Crippen LogP contribution is -2.02. The van der Waals surface area contributed by atoms with Crippen LogP contribution < -0.4 is 4.74 Å². The molecule has 0 radical (unpaired) electrons. The number of hydrogen-bond acceptors (Lipinski definition) is 4. The minimum Gasteiger partial charge on any atom is -0.497 e. The van der Waals surface area contributed by atoms with Crippen LogP contribution >= 0.6 is 0 Å². The lowest BCUT2D eigenvalue weighted by atomic mass is 10.1. The van der Waals surface area contributed by atoms with Gasteiger partial charge in [0.1, 0.15) is 17.0 Å². The van der Waals surface area contributed by atoms with Crippen LogP contribution in [0.25, 0.3) is 16.8 Å². The molecule has 3 aromatic rings. The maximum atomic E-state index is 12.1. The Kier molecular flexibility index (Phi) is 3.31. The summed E-state index contributed by atoms with van der Waals surface area (Å²) in [6.45, 7) is 0. The highest BCUT2D eigenvalue weighted by Crippen LogP contribution is 2.29. The summed E-state index contributed by atoms with van der Waals surface area (Å²) in [5.74, 6) is 0.300. The number of pyridine rings is 1. The number of hydrogen-bond donors (Lipinski definition) is 0. The molecular weight excluding hydrogens is 268 g/mol. The van der Waals surface area contributed by atoms with Crippen LogP contribution in [0.1, 0.15) is 10.4 Å². The summed E-state index contributed by atoms with van der Waals surface area (Å²) in [6, 6.07) is 13.0. The van der Waals surface area contributed by atoms with E-state index in [4.69, 9.17) is 9.47 Å². The van der Waals surface area contributed by atoms with E-state index < -0.39 is 5.97 Å². The van der Waals surface area contributed by atoms with Gasteiger partial charge in [-0.05, 0) is 24.3 Å². The van der Waals surface area contributed by atoms with Gasteiger partial charge in [-0.25, -0.2) is 9.31 Å². The molecule has 0 aliphatic rings. The van der Waals surface area contributed by atoms with E-state index in [-0.39, 0.29) is 0 Å². The summed E-state index contributed by atoms with van der Waals surface area (Å²) < 4.78 is 11.8. The molecule has 2 heterocycles. The second-order valence-electron chi connectivity index (χ2n) is 4.48. The highest BCUT2D eigenvalue weighted by molar-refractivity contribution is 6.03. The van der Waals surface area contributed by atoms with Crippen molar-refractivity contribution in [3.8, 4) is 17.0 Å². The number of methoxy groups -OCH3 is 2. The number of fused-ring (bicyclic) bond motifs is 1. The Hall–Kier alpha value is -2.82. The molecule has 0 fully saturated rings. The Morgan fingerprint density at radius 3 is 2.76 bits per heavy atom. The first-order valence-corrected chi connectivity index (χ1v) is 6.44. The Labute approximate surface area is 121 Å². The average molecular weight is 282 g/mol. The Bertz CT molecular complexity index is 808. The van der Waals surface area contributed by atoms with Gasteiger partial charge in [-0.1, -0.05) is 18.2 Å². The molecule has 5 nitrogen and oxygen atoms in total. The predicted molar refractivity (Wildman–Crippen MR) is 78.5 cm³/mol. The fourth-order valence-corrected chi connectivity index (χ4v) is 2.27. The zero-order valence-corrected chi connectivity index (χ0v) is 11.7. The predicted octanol–water partition coefficient (Wildman–Crippen LogP) is 2.80. The fourth-order valence-electron chi connectivity index (χ4n) is 2.27. The number of rotatable bonds is 3. The molecule has 0 saturated heterocycles. The minimum atomic E-state index is -0.408. The van der Waals surface area contributed by atoms with Gasteiger partial charge in [-0.15, -0.1) is 0 Å². The van der Waals surface area contributed by atoms with Crippen molar-refractivity contribution in [2.75, 3.05) is 14.2 Å². The van der Waals surface area contributed by atoms with Crippen LogP contribution in [-0.2, 0) is 4.74 Å². The first kappa shape index (κ1) is 13.2. The summed E-state index contributed by atoms with van der Waals surface area (Å²) in [4.78, 5) is 12.1. The lowest BCUT2D eigenvalue weighted by Gasteiger charge is -2.04. The van der Waals surface area contributed by atoms with E-state index in [1.54, 1.807) is 17.8 Å². The SMILES string of the molecule is COC(=O)c1c(-c2cccc(OC)c2)nn2ccccc12. The molecule has 0 aliphatic carbocycles. The van der Waals surface area contributed by atoms with E-state index in [0.717, 1.165) is 5.56 Å². The molecule has 0 N–H and O–H groups in total. The molecule has 21 heavy (non-hydrogen) atoms. The van der Waals surface area contributed by atoms with Crippen molar-refractivity contribution in [1.82, 2.24) is 9.61 Å². The molecule has 0 atom stereocenters. The molecule has 106 valence electrons. The minimum absolute atomic E-state index is 0.408. The Balaban J connectivity index is 2.28. The number of aromatic nitrogens is 2. The van der Waals surface area contributed by atoms with Gasteiger partial charge in [0.05, 0.1) is 19.7 Å². The van der Waals surface area contributed by atoms with Gasteiger partial charge < -0.3 is 9.47 Å². The van der Waals surface area contributed by atoms with Gasteiger partial charge in [0.25, 0.3) is 0 Å². The lowest BCUT2D eigenvalue weighted by molar-refractivity contribution is 0.0604. The molecule has 0 saturated carbocycles. The molecule has 2 aromatic heterocycles. The number of ether oxygens (including phenoxy) is 2. The van der Waals surface area contributed by atoms with E-state index >= 15 is 0 Å². The van der Waals surface area contributed by atoms with Gasteiger partial charge in [-0.2, -0.15) is 5.10 Å². The van der Waals surface area contributed by atoms with Crippen molar-refractivity contribution < 1.29 is 14.3 Å². The van der Waals surface area contributed by atoms with E-state index in [1.807, 2.05) is 42.5 Å². The van der Waals surface area contributed by atoms with Crippen LogP contribution in [-0.4, -0.2) is 29.8 Å². The number of carbonyl (C=O) groups is 1. The number of nitrogens with zero attached hydrogens (tertiary/aromatic N) is 2. The summed E-state index contributed by atoms with van der Waals surface area (Å²) in [5, 5.41) is 4.49. The Morgan fingerprint density at radius 1 is 1.14 bits per heavy atom. The van der Waals surface area contributed by atoms with Crippen LogP contribution in [0.5, 0.6) is 5.75 Å². The summed E-state index contributed by atoms with van der Waals surface area (Å²) in [7, 11) is 2.97. The van der Waals surface area contributed by atoms with E-state index in [1.165, 1.54) is 7.11 Å². The van der Waals surface area contributed by atoms with Crippen molar-refractivity contribution in [2.24, 2.45) is 0 Å². The summed E-state index contributed by atoms with van der Waals surface area (Å²) in [5.41, 5.74) is 2.54. The van der Waals surface area contributed by atoms with Crippen LogP contribution in [0.15, 0.2) is 48.7 Å². The Morgan fingerprint density at radius 2 is 2.00 bits per heavy atom. The van der Waals surface area contributed by atoms with Crippen molar-refractivity contribution in [2.45, 2.75) is 0 Å². The molecule has 1 aromatic carbocycles. The molecule has 0 amide bonds. The highest BCUT2D eigenvalue weighted by Gasteiger charge is 2.21. The smallest absolute Gasteiger partial charge is 0.342 e. The second kappa shape index (κ2) is 5.28. The van der Waals surface area contributed by atoms with Crippen LogP contribution in [0.2, 0.25) is 0 Å². The van der Waals surface area contributed by atoms with Gasteiger partial charge in [0.15, 0.2) is 0 Å². The topological polar surface area (TPSA) is 52.8 Å². The van der Waals surface area contributed by atoms with Gasteiger partial charge in [-0.3, -0.25) is 0 Å². The first-order chi connectivity index (χ1) is 10.2. The van der Waals surface area contributed by atoms with E-state index in [0.29, 0.717) is 22.5 Å². The third-order valence-electron chi connectivity index (χ3n) is 3.27. The van der Waals surface area contributed by atoms with E-state index in [2.05, 4.69) is 5.10 Å². The van der Waals surface area contributed by atoms with Crippen molar-refractivity contribution in [3.05, 3.63) is 54.2 Å². The monoisotopic (exact) mass is 282 g/mol. The van der Waals surface area contributed by atoms with Gasteiger partial charge in [0.2, 0.25) is 0 Å². The van der Waals surface area contributed by atoms with Crippen LogP contribution in [0.3, 0.4) is 0 Å². The molecule has 3 rings (SSSR count). The summed E-state index contributed by atoms with van der Waals surface area (Å²) in [6.07, 6.45) is 1.80.